The first kappa shape index (κ1) is 15.0. The van der Waals surface area contributed by atoms with Crippen molar-refractivity contribution in [2.45, 2.75) is 38.3 Å². The zero-order valence-corrected chi connectivity index (χ0v) is 12.6. The zero-order valence-electron chi connectivity index (χ0n) is 11.1. The highest BCUT2D eigenvalue weighted by Crippen LogP contribution is 2.33. The fourth-order valence-corrected chi connectivity index (χ4v) is 3.08. The van der Waals surface area contributed by atoms with E-state index in [2.05, 4.69) is 12.2 Å². The number of halogens is 3. The number of ether oxygens (including phenoxy) is 1. The second kappa shape index (κ2) is 5.96. The summed E-state index contributed by atoms with van der Waals surface area (Å²) in [6.07, 6.45) is 2.10. The standard InChI is InChI=1S/C14H18Cl2FNO/c1-9(18-8-14(2)6-3-7-19-14)12-10(15)4-5-11(17)13(12)16/h4-5,9,18H,3,6-8H2,1-2H3. The van der Waals surface area contributed by atoms with Crippen LogP contribution in [-0.2, 0) is 4.74 Å². The van der Waals surface area contributed by atoms with Gasteiger partial charge in [0.05, 0.1) is 10.6 Å². The van der Waals surface area contributed by atoms with E-state index in [-0.39, 0.29) is 16.7 Å². The Morgan fingerprint density at radius 1 is 1.47 bits per heavy atom. The van der Waals surface area contributed by atoms with E-state index in [9.17, 15) is 4.39 Å². The van der Waals surface area contributed by atoms with Crippen LogP contribution in [0.2, 0.25) is 10.0 Å². The fourth-order valence-electron chi connectivity index (χ4n) is 2.39. The van der Waals surface area contributed by atoms with E-state index in [0.29, 0.717) is 17.1 Å². The second-order valence-electron chi connectivity index (χ2n) is 5.26. The number of nitrogens with one attached hydrogen (secondary N) is 1. The molecule has 1 heterocycles. The third-order valence-electron chi connectivity index (χ3n) is 3.60. The minimum Gasteiger partial charge on any atom is -0.374 e. The second-order valence-corrected chi connectivity index (χ2v) is 6.05. The Hall–Kier alpha value is -0.350. The van der Waals surface area contributed by atoms with Crippen molar-refractivity contribution in [3.05, 3.63) is 33.6 Å². The number of rotatable bonds is 4. The van der Waals surface area contributed by atoms with Gasteiger partial charge < -0.3 is 10.1 Å². The molecule has 2 rings (SSSR count). The summed E-state index contributed by atoms with van der Waals surface area (Å²) in [4.78, 5) is 0. The van der Waals surface area contributed by atoms with Crippen molar-refractivity contribution in [1.82, 2.24) is 5.32 Å². The number of hydrogen-bond donors (Lipinski definition) is 1. The molecule has 2 unspecified atom stereocenters. The molecule has 5 heteroatoms. The molecule has 0 spiro atoms. The van der Waals surface area contributed by atoms with Gasteiger partial charge in [0.25, 0.3) is 0 Å². The maximum Gasteiger partial charge on any atom is 0.142 e. The molecule has 1 N–H and O–H groups in total. The van der Waals surface area contributed by atoms with Gasteiger partial charge in [-0.1, -0.05) is 23.2 Å². The van der Waals surface area contributed by atoms with Crippen LogP contribution in [0.15, 0.2) is 12.1 Å². The molecular formula is C14H18Cl2FNO. The van der Waals surface area contributed by atoms with Crippen molar-refractivity contribution in [2.75, 3.05) is 13.2 Å². The number of benzene rings is 1. The molecule has 0 aliphatic carbocycles. The topological polar surface area (TPSA) is 21.3 Å². The summed E-state index contributed by atoms with van der Waals surface area (Å²) in [6, 6.07) is 2.68. The molecule has 1 fully saturated rings. The lowest BCUT2D eigenvalue weighted by Gasteiger charge is -2.26. The highest BCUT2D eigenvalue weighted by atomic mass is 35.5. The van der Waals surface area contributed by atoms with Crippen LogP contribution >= 0.6 is 23.2 Å². The average molecular weight is 306 g/mol. The first-order chi connectivity index (χ1) is 8.93. The van der Waals surface area contributed by atoms with Crippen LogP contribution in [0, 0.1) is 5.82 Å². The highest BCUT2D eigenvalue weighted by molar-refractivity contribution is 6.36. The van der Waals surface area contributed by atoms with Gasteiger partial charge in [-0.3, -0.25) is 0 Å². The van der Waals surface area contributed by atoms with Crippen molar-refractivity contribution in [3.63, 3.8) is 0 Å². The largest absolute Gasteiger partial charge is 0.374 e. The molecule has 2 atom stereocenters. The quantitative estimate of drug-likeness (QED) is 0.835. The van der Waals surface area contributed by atoms with Gasteiger partial charge >= 0.3 is 0 Å². The maximum atomic E-state index is 13.5. The molecule has 1 aromatic carbocycles. The van der Waals surface area contributed by atoms with Crippen LogP contribution in [0.3, 0.4) is 0 Å². The van der Waals surface area contributed by atoms with Crippen molar-refractivity contribution in [3.8, 4) is 0 Å². The van der Waals surface area contributed by atoms with E-state index >= 15 is 0 Å². The molecule has 106 valence electrons. The summed E-state index contributed by atoms with van der Waals surface area (Å²) < 4.78 is 19.2. The van der Waals surface area contributed by atoms with Gasteiger partial charge in [0, 0.05) is 29.8 Å². The molecular weight excluding hydrogens is 288 g/mol. The van der Waals surface area contributed by atoms with Gasteiger partial charge in [-0.05, 0) is 38.8 Å². The summed E-state index contributed by atoms with van der Waals surface area (Å²) in [5.41, 5.74) is 0.450. The fraction of sp³-hybridized carbons (Fsp3) is 0.571. The first-order valence-electron chi connectivity index (χ1n) is 6.44. The van der Waals surface area contributed by atoms with Gasteiger partial charge in [0.15, 0.2) is 0 Å². The van der Waals surface area contributed by atoms with Gasteiger partial charge in [-0.2, -0.15) is 0 Å². The van der Waals surface area contributed by atoms with Gasteiger partial charge in [0.2, 0.25) is 0 Å². The van der Waals surface area contributed by atoms with Crippen LogP contribution < -0.4 is 5.32 Å². The lowest BCUT2D eigenvalue weighted by atomic mass is 10.0. The molecule has 0 amide bonds. The Kier molecular flexibility index (Phi) is 4.72. The predicted octanol–water partition coefficient (Wildman–Crippen LogP) is 4.35. The summed E-state index contributed by atoms with van der Waals surface area (Å²) in [7, 11) is 0. The molecule has 0 saturated carbocycles. The Labute approximate surface area is 123 Å². The Morgan fingerprint density at radius 2 is 2.21 bits per heavy atom. The van der Waals surface area contributed by atoms with E-state index in [4.69, 9.17) is 27.9 Å². The van der Waals surface area contributed by atoms with Crippen LogP contribution in [0.1, 0.15) is 38.3 Å². The third kappa shape index (κ3) is 3.40. The van der Waals surface area contributed by atoms with E-state index in [0.717, 1.165) is 19.4 Å². The monoisotopic (exact) mass is 305 g/mol. The molecule has 0 aromatic heterocycles. The lowest BCUT2D eigenvalue weighted by Crippen LogP contribution is -2.38. The van der Waals surface area contributed by atoms with Gasteiger partial charge in [-0.25, -0.2) is 4.39 Å². The first-order valence-corrected chi connectivity index (χ1v) is 7.19. The van der Waals surface area contributed by atoms with Crippen LogP contribution in [0.5, 0.6) is 0 Å². The van der Waals surface area contributed by atoms with E-state index in [1.54, 1.807) is 0 Å². The summed E-state index contributed by atoms with van der Waals surface area (Å²) in [5, 5.41) is 3.89. The van der Waals surface area contributed by atoms with Crippen molar-refractivity contribution in [1.29, 1.82) is 0 Å². The summed E-state index contributed by atoms with van der Waals surface area (Å²) in [6.45, 7) is 5.49. The normalized spacial score (nSPS) is 24.7. The summed E-state index contributed by atoms with van der Waals surface area (Å²) >= 11 is 12.1. The van der Waals surface area contributed by atoms with E-state index in [1.165, 1.54) is 12.1 Å². The Morgan fingerprint density at radius 3 is 2.84 bits per heavy atom. The maximum absolute atomic E-state index is 13.5. The third-order valence-corrected chi connectivity index (χ3v) is 4.31. The Balaban J connectivity index is 2.08. The molecule has 1 saturated heterocycles. The van der Waals surface area contributed by atoms with Crippen molar-refractivity contribution < 1.29 is 9.13 Å². The molecule has 1 aliphatic heterocycles. The SMILES string of the molecule is CC(NCC1(C)CCCO1)c1c(Cl)ccc(F)c1Cl. The zero-order chi connectivity index (χ0) is 14.0. The average Bonchev–Trinajstić information content (AvgIpc) is 2.80. The summed E-state index contributed by atoms with van der Waals surface area (Å²) in [5.74, 6) is -0.446. The minimum absolute atomic E-state index is 0.0880. The molecule has 19 heavy (non-hydrogen) atoms. The smallest absolute Gasteiger partial charge is 0.142 e. The Bertz CT molecular complexity index is 461. The van der Waals surface area contributed by atoms with Crippen molar-refractivity contribution >= 4 is 23.2 Å². The molecule has 1 aliphatic rings. The van der Waals surface area contributed by atoms with E-state index in [1.807, 2.05) is 6.92 Å². The van der Waals surface area contributed by atoms with Gasteiger partial charge in [-0.15, -0.1) is 0 Å². The van der Waals surface area contributed by atoms with Crippen molar-refractivity contribution in [2.24, 2.45) is 0 Å². The molecule has 1 aromatic rings. The van der Waals surface area contributed by atoms with Gasteiger partial charge in [0.1, 0.15) is 5.82 Å². The van der Waals surface area contributed by atoms with Crippen LogP contribution in [0.25, 0.3) is 0 Å². The number of hydrogen-bond acceptors (Lipinski definition) is 2. The van der Waals surface area contributed by atoms with E-state index < -0.39 is 5.82 Å². The lowest BCUT2D eigenvalue weighted by molar-refractivity contribution is 0.0191. The van der Waals surface area contributed by atoms with Crippen LogP contribution in [-0.4, -0.2) is 18.8 Å². The molecule has 0 radical (unpaired) electrons. The highest BCUT2D eigenvalue weighted by Gasteiger charge is 2.30. The predicted molar refractivity (Wildman–Crippen MR) is 76.4 cm³/mol. The molecule has 2 nitrogen and oxygen atoms in total. The van der Waals surface area contributed by atoms with Crippen LogP contribution in [0.4, 0.5) is 4.39 Å². The minimum atomic E-state index is -0.446. The molecule has 0 bridgehead atoms.